The Labute approximate surface area is 222 Å². The zero-order valence-electron chi connectivity index (χ0n) is 21.8. The van der Waals surface area contributed by atoms with Crippen molar-refractivity contribution in [2.75, 3.05) is 13.2 Å². The number of amides is 1. The van der Waals surface area contributed by atoms with E-state index in [4.69, 9.17) is 4.74 Å². The molecule has 3 aromatic carbocycles. The monoisotopic (exact) mass is 528 g/mol. The van der Waals surface area contributed by atoms with Gasteiger partial charge in [-0.2, -0.15) is 0 Å². The number of nitrogens with one attached hydrogen (secondary N) is 2. The summed E-state index contributed by atoms with van der Waals surface area (Å²) >= 11 is 0. The fraction of sp³-hybridized carbons (Fsp3) is 0.367. The predicted octanol–water partition coefficient (Wildman–Crippen LogP) is 4.88. The Morgan fingerprint density at radius 3 is 2.34 bits per heavy atom. The first kappa shape index (κ1) is 29.2. The summed E-state index contributed by atoms with van der Waals surface area (Å²) in [5.41, 5.74) is 2.98. The van der Waals surface area contributed by atoms with Gasteiger partial charge < -0.3 is 20.5 Å². The first-order valence-corrected chi connectivity index (χ1v) is 12.9. The van der Waals surface area contributed by atoms with Crippen LogP contribution in [0.1, 0.15) is 42.5 Å². The number of carbonyl (C=O) groups is 1. The third-order valence-corrected chi connectivity index (χ3v) is 6.09. The Kier molecular flexibility index (Phi) is 11.2. The van der Waals surface area contributed by atoms with E-state index in [0.29, 0.717) is 24.3 Å². The molecule has 8 heteroatoms. The molecule has 5 nitrogen and oxygen atoms in total. The summed E-state index contributed by atoms with van der Waals surface area (Å²) in [6.45, 7) is 5.01. The van der Waals surface area contributed by atoms with E-state index < -0.39 is 35.5 Å². The Balaban J connectivity index is 1.67. The second-order valence-corrected chi connectivity index (χ2v) is 9.32. The third kappa shape index (κ3) is 9.19. The number of aryl methyl sites for hydroxylation is 1. The summed E-state index contributed by atoms with van der Waals surface area (Å²) in [5, 5.41) is 16.9. The molecule has 0 aliphatic heterocycles. The summed E-state index contributed by atoms with van der Waals surface area (Å²) in [5.74, 6) is -2.38. The van der Waals surface area contributed by atoms with Gasteiger partial charge in [0.05, 0.1) is 25.2 Å². The number of hydrogen-bond acceptors (Lipinski definition) is 4. The van der Waals surface area contributed by atoms with Crippen LogP contribution in [0.4, 0.5) is 13.2 Å². The molecule has 38 heavy (non-hydrogen) atoms. The fourth-order valence-electron chi connectivity index (χ4n) is 4.16. The Bertz CT molecular complexity index is 1180. The van der Waals surface area contributed by atoms with Gasteiger partial charge in [-0.25, -0.2) is 13.2 Å². The first-order valence-electron chi connectivity index (χ1n) is 12.9. The number of benzene rings is 3. The van der Waals surface area contributed by atoms with Gasteiger partial charge in [0.2, 0.25) is 5.91 Å². The highest BCUT2D eigenvalue weighted by atomic mass is 19.1. The van der Waals surface area contributed by atoms with E-state index in [1.54, 1.807) is 6.07 Å². The molecule has 3 N–H and O–H groups in total. The van der Waals surface area contributed by atoms with E-state index in [-0.39, 0.29) is 25.1 Å². The lowest BCUT2D eigenvalue weighted by atomic mass is 10.00. The van der Waals surface area contributed by atoms with Crippen molar-refractivity contribution in [3.05, 3.63) is 100 Å². The van der Waals surface area contributed by atoms with E-state index >= 15 is 0 Å². The second kappa shape index (κ2) is 14.5. The van der Waals surface area contributed by atoms with Crippen LogP contribution in [0.5, 0.6) is 5.75 Å². The van der Waals surface area contributed by atoms with Gasteiger partial charge in [0.1, 0.15) is 11.6 Å². The molecule has 0 spiro atoms. The molecule has 0 bridgehead atoms. The Hall–Kier alpha value is -3.36. The number of aliphatic hydroxyl groups excluding tert-OH is 1. The number of halogens is 3. The molecule has 0 unspecified atom stereocenters. The standard InChI is InChI=1S/C30H35F3N2O3/c1-3-10-38-29-9-8-21(14-26(29)33)16-30(37)35-27(15-23-12-24(31)17-25(32)13-23)28(36)19-34-18-22-7-5-6-20(4-2)11-22/h5-9,11-14,17,27-28,34,36H,3-4,10,15-16,18-19H2,1-2H3,(H,35,37)/t27-,28-/m0/s1. The van der Waals surface area contributed by atoms with E-state index in [0.717, 1.165) is 24.5 Å². The van der Waals surface area contributed by atoms with Crippen LogP contribution in [-0.4, -0.2) is 36.3 Å². The molecule has 3 rings (SSSR count). The quantitative estimate of drug-likeness (QED) is 0.279. The van der Waals surface area contributed by atoms with Crippen molar-refractivity contribution in [1.82, 2.24) is 10.6 Å². The minimum absolute atomic E-state index is 0.00669. The van der Waals surface area contributed by atoms with Crippen LogP contribution in [0.2, 0.25) is 0 Å². The molecule has 1 amide bonds. The van der Waals surface area contributed by atoms with Crippen molar-refractivity contribution in [3.63, 3.8) is 0 Å². The molecular weight excluding hydrogens is 493 g/mol. The van der Waals surface area contributed by atoms with E-state index in [1.807, 2.05) is 25.1 Å². The summed E-state index contributed by atoms with van der Waals surface area (Å²) in [7, 11) is 0. The minimum atomic E-state index is -1.05. The molecule has 0 radical (unpaired) electrons. The number of aliphatic hydroxyl groups is 1. The van der Waals surface area contributed by atoms with E-state index in [1.165, 1.54) is 29.8 Å². The largest absolute Gasteiger partial charge is 0.491 e. The molecule has 204 valence electrons. The van der Waals surface area contributed by atoms with Crippen LogP contribution in [0.15, 0.2) is 60.7 Å². The molecule has 0 heterocycles. The average molecular weight is 529 g/mol. The summed E-state index contributed by atoms with van der Waals surface area (Å²) in [4.78, 5) is 12.8. The van der Waals surface area contributed by atoms with Gasteiger partial charge in [-0.3, -0.25) is 4.79 Å². The van der Waals surface area contributed by atoms with Crippen molar-refractivity contribution in [3.8, 4) is 5.75 Å². The number of rotatable bonds is 14. The summed E-state index contributed by atoms with van der Waals surface area (Å²) in [6.07, 6.45) is 0.465. The van der Waals surface area contributed by atoms with Crippen LogP contribution in [-0.2, 0) is 30.6 Å². The number of ether oxygens (including phenoxy) is 1. The topological polar surface area (TPSA) is 70.6 Å². The zero-order valence-corrected chi connectivity index (χ0v) is 21.8. The second-order valence-electron chi connectivity index (χ2n) is 9.32. The van der Waals surface area contributed by atoms with Crippen molar-refractivity contribution in [2.24, 2.45) is 0 Å². The highest BCUT2D eigenvalue weighted by Crippen LogP contribution is 2.19. The third-order valence-electron chi connectivity index (χ3n) is 6.09. The van der Waals surface area contributed by atoms with Crippen LogP contribution >= 0.6 is 0 Å². The van der Waals surface area contributed by atoms with Crippen LogP contribution in [0, 0.1) is 17.5 Å². The van der Waals surface area contributed by atoms with Crippen molar-refractivity contribution in [1.29, 1.82) is 0 Å². The van der Waals surface area contributed by atoms with Gasteiger partial charge in [-0.15, -0.1) is 0 Å². The fourth-order valence-corrected chi connectivity index (χ4v) is 4.16. The van der Waals surface area contributed by atoms with Gasteiger partial charge in [0, 0.05) is 19.2 Å². The molecule has 0 saturated heterocycles. The molecule has 0 fully saturated rings. The van der Waals surface area contributed by atoms with Crippen LogP contribution < -0.4 is 15.4 Å². The summed E-state index contributed by atoms with van der Waals surface area (Å²) < 4.78 is 47.2. The van der Waals surface area contributed by atoms with Crippen molar-refractivity contribution >= 4 is 5.91 Å². The van der Waals surface area contributed by atoms with Crippen molar-refractivity contribution < 1.29 is 27.8 Å². The lowest BCUT2D eigenvalue weighted by molar-refractivity contribution is -0.122. The molecule has 0 aromatic heterocycles. The maximum Gasteiger partial charge on any atom is 0.224 e. The smallest absolute Gasteiger partial charge is 0.224 e. The van der Waals surface area contributed by atoms with Gasteiger partial charge >= 0.3 is 0 Å². The van der Waals surface area contributed by atoms with E-state index in [9.17, 15) is 23.1 Å². The molecule has 0 aliphatic rings. The SMILES string of the molecule is CCCOc1ccc(CC(=O)N[C@@H](Cc2cc(F)cc(F)c2)[C@@H](O)CNCc2cccc(CC)c2)cc1F. The van der Waals surface area contributed by atoms with Crippen LogP contribution in [0.3, 0.4) is 0 Å². The normalized spacial score (nSPS) is 12.7. The lowest BCUT2D eigenvalue weighted by Crippen LogP contribution is -2.49. The molecular formula is C30H35F3N2O3. The predicted molar refractivity (Wildman–Crippen MR) is 141 cm³/mol. The Morgan fingerprint density at radius 2 is 1.66 bits per heavy atom. The van der Waals surface area contributed by atoms with Gasteiger partial charge in [-0.1, -0.05) is 44.2 Å². The molecule has 3 aromatic rings. The van der Waals surface area contributed by atoms with E-state index in [2.05, 4.69) is 23.6 Å². The highest BCUT2D eigenvalue weighted by molar-refractivity contribution is 5.79. The minimum Gasteiger partial charge on any atom is -0.491 e. The van der Waals surface area contributed by atoms with Crippen LogP contribution in [0.25, 0.3) is 0 Å². The summed E-state index contributed by atoms with van der Waals surface area (Å²) in [6, 6.07) is 14.7. The maximum atomic E-state index is 14.3. The maximum absolute atomic E-state index is 14.3. The lowest BCUT2D eigenvalue weighted by Gasteiger charge is -2.25. The zero-order chi connectivity index (χ0) is 27.5. The Morgan fingerprint density at radius 1 is 0.921 bits per heavy atom. The number of hydrogen-bond donors (Lipinski definition) is 3. The molecule has 0 aliphatic carbocycles. The highest BCUT2D eigenvalue weighted by Gasteiger charge is 2.23. The van der Waals surface area contributed by atoms with Crippen molar-refractivity contribution in [2.45, 2.75) is 58.2 Å². The van der Waals surface area contributed by atoms with Gasteiger partial charge in [-0.05, 0) is 65.8 Å². The van der Waals surface area contributed by atoms with Gasteiger partial charge in [0.15, 0.2) is 11.6 Å². The first-order chi connectivity index (χ1) is 18.3. The molecule has 2 atom stereocenters. The van der Waals surface area contributed by atoms with Gasteiger partial charge in [0.25, 0.3) is 0 Å². The average Bonchev–Trinajstić information content (AvgIpc) is 2.87. The number of carbonyl (C=O) groups excluding carboxylic acids is 1. The molecule has 0 saturated carbocycles.